The van der Waals surface area contributed by atoms with Gasteiger partial charge in [-0.3, -0.25) is 9.52 Å². The summed E-state index contributed by atoms with van der Waals surface area (Å²) < 4.78 is 32.6. The van der Waals surface area contributed by atoms with Gasteiger partial charge in [0, 0.05) is 11.3 Å². The van der Waals surface area contributed by atoms with Gasteiger partial charge in [-0.1, -0.05) is 30.9 Å². The van der Waals surface area contributed by atoms with Crippen LogP contribution < -0.4 is 14.9 Å². The van der Waals surface area contributed by atoms with Crippen LogP contribution in [0.4, 0.5) is 5.69 Å². The topological polar surface area (TPSA) is 96.9 Å². The van der Waals surface area contributed by atoms with Crippen molar-refractivity contribution in [3.8, 4) is 5.75 Å². The number of hydrogen-bond acceptors (Lipinski definition) is 5. The van der Waals surface area contributed by atoms with Gasteiger partial charge in [0.1, 0.15) is 12.4 Å². The van der Waals surface area contributed by atoms with Crippen LogP contribution >= 0.6 is 0 Å². The van der Waals surface area contributed by atoms with E-state index in [1.54, 1.807) is 36.4 Å². The van der Waals surface area contributed by atoms with Crippen LogP contribution in [-0.2, 0) is 10.0 Å². The lowest BCUT2D eigenvalue weighted by atomic mass is 10.2. The van der Waals surface area contributed by atoms with Gasteiger partial charge in [-0.25, -0.2) is 13.8 Å². The molecule has 0 saturated heterocycles. The molecule has 0 aliphatic rings. The molecule has 3 aromatic carbocycles. The van der Waals surface area contributed by atoms with E-state index in [0.29, 0.717) is 23.6 Å². The van der Waals surface area contributed by atoms with Crippen molar-refractivity contribution >= 4 is 27.8 Å². The Balaban J connectivity index is 1.56. The third kappa shape index (κ3) is 6.28. The molecule has 0 radical (unpaired) electrons. The van der Waals surface area contributed by atoms with Crippen LogP contribution in [0.1, 0.15) is 15.9 Å². The summed E-state index contributed by atoms with van der Waals surface area (Å²) in [6, 6.07) is 21.3. The summed E-state index contributed by atoms with van der Waals surface area (Å²) in [5.74, 6) is 0.295. The Morgan fingerprint density at radius 2 is 1.65 bits per heavy atom. The fourth-order valence-electron chi connectivity index (χ4n) is 2.54. The van der Waals surface area contributed by atoms with E-state index in [4.69, 9.17) is 4.74 Å². The van der Waals surface area contributed by atoms with Crippen LogP contribution in [0.15, 0.2) is 102 Å². The summed E-state index contributed by atoms with van der Waals surface area (Å²) >= 11 is 0. The molecule has 31 heavy (non-hydrogen) atoms. The lowest BCUT2D eigenvalue weighted by molar-refractivity contribution is 0.0955. The number of anilines is 1. The van der Waals surface area contributed by atoms with Crippen LogP contribution in [-0.4, -0.2) is 27.1 Å². The Hall–Kier alpha value is -3.91. The van der Waals surface area contributed by atoms with Crippen molar-refractivity contribution in [1.29, 1.82) is 0 Å². The van der Waals surface area contributed by atoms with E-state index in [1.165, 1.54) is 42.6 Å². The largest absolute Gasteiger partial charge is 0.490 e. The molecular weight excluding hydrogens is 414 g/mol. The third-order valence-electron chi connectivity index (χ3n) is 4.08. The van der Waals surface area contributed by atoms with Gasteiger partial charge in [0.2, 0.25) is 0 Å². The Bertz CT molecular complexity index is 1160. The average molecular weight is 436 g/mol. The SMILES string of the molecule is C=CCOc1ccc(/C=N/NC(=O)c2ccc(NS(=O)(=O)c3ccccc3)cc2)cc1. The zero-order chi connectivity index (χ0) is 22.1. The summed E-state index contributed by atoms with van der Waals surface area (Å²) in [6.07, 6.45) is 3.17. The van der Waals surface area contributed by atoms with Crippen molar-refractivity contribution in [2.45, 2.75) is 4.90 Å². The Labute approximate surface area is 181 Å². The zero-order valence-electron chi connectivity index (χ0n) is 16.6. The minimum Gasteiger partial charge on any atom is -0.490 e. The maximum atomic E-state index is 12.3. The maximum Gasteiger partial charge on any atom is 0.271 e. The Kier molecular flexibility index (Phi) is 7.18. The maximum absolute atomic E-state index is 12.3. The predicted octanol–water partition coefficient (Wildman–Crippen LogP) is 3.82. The first kappa shape index (κ1) is 21.8. The van der Waals surface area contributed by atoms with Crippen molar-refractivity contribution in [2.24, 2.45) is 5.10 Å². The number of carbonyl (C=O) groups is 1. The van der Waals surface area contributed by atoms with E-state index >= 15 is 0 Å². The fraction of sp³-hybridized carbons (Fsp3) is 0.0435. The zero-order valence-corrected chi connectivity index (χ0v) is 17.4. The first-order valence-electron chi connectivity index (χ1n) is 9.33. The highest BCUT2D eigenvalue weighted by atomic mass is 32.2. The summed E-state index contributed by atoms with van der Waals surface area (Å²) in [4.78, 5) is 12.4. The van der Waals surface area contributed by atoms with Crippen LogP contribution in [0.3, 0.4) is 0 Å². The molecule has 0 saturated carbocycles. The van der Waals surface area contributed by atoms with Gasteiger partial charge in [-0.05, 0) is 66.2 Å². The molecule has 8 heteroatoms. The predicted molar refractivity (Wildman–Crippen MR) is 121 cm³/mol. The van der Waals surface area contributed by atoms with Gasteiger partial charge in [0.05, 0.1) is 11.1 Å². The summed E-state index contributed by atoms with van der Waals surface area (Å²) in [5.41, 5.74) is 3.92. The second kappa shape index (κ2) is 10.2. The number of nitrogens with zero attached hydrogens (tertiary/aromatic N) is 1. The second-order valence-electron chi connectivity index (χ2n) is 6.36. The lowest BCUT2D eigenvalue weighted by Crippen LogP contribution is -2.18. The van der Waals surface area contributed by atoms with E-state index < -0.39 is 15.9 Å². The van der Waals surface area contributed by atoms with Crippen LogP contribution in [0.5, 0.6) is 5.75 Å². The molecule has 1 amide bonds. The summed E-state index contributed by atoms with van der Waals surface area (Å²) in [7, 11) is -3.69. The minimum absolute atomic E-state index is 0.159. The van der Waals surface area contributed by atoms with E-state index in [0.717, 1.165) is 5.56 Å². The lowest BCUT2D eigenvalue weighted by Gasteiger charge is -2.08. The number of hydrazone groups is 1. The smallest absolute Gasteiger partial charge is 0.271 e. The van der Waals surface area contributed by atoms with E-state index in [-0.39, 0.29) is 4.90 Å². The second-order valence-corrected chi connectivity index (χ2v) is 8.05. The van der Waals surface area contributed by atoms with Gasteiger partial charge in [0.25, 0.3) is 15.9 Å². The highest BCUT2D eigenvalue weighted by Crippen LogP contribution is 2.16. The number of carbonyl (C=O) groups excluding carboxylic acids is 1. The molecule has 0 aliphatic carbocycles. The number of hydrogen-bond donors (Lipinski definition) is 2. The molecule has 3 rings (SSSR count). The Morgan fingerprint density at radius 1 is 0.968 bits per heavy atom. The molecule has 0 atom stereocenters. The molecule has 0 spiro atoms. The molecule has 7 nitrogen and oxygen atoms in total. The quantitative estimate of drug-likeness (QED) is 0.303. The molecule has 3 aromatic rings. The van der Waals surface area contributed by atoms with Gasteiger partial charge < -0.3 is 4.74 Å². The van der Waals surface area contributed by atoms with E-state index in [1.807, 2.05) is 12.1 Å². The van der Waals surface area contributed by atoms with Crippen molar-refractivity contribution in [3.05, 3.63) is 103 Å². The number of sulfonamides is 1. The van der Waals surface area contributed by atoms with E-state index in [2.05, 4.69) is 21.8 Å². The molecule has 0 aromatic heterocycles. The highest BCUT2D eigenvalue weighted by Gasteiger charge is 2.13. The van der Waals surface area contributed by atoms with Crippen molar-refractivity contribution in [3.63, 3.8) is 0 Å². The number of ether oxygens (including phenoxy) is 1. The number of rotatable bonds is 9. The first-order valence-corrected chi connectivity index (χ1v) is 10.8. The standard InChI is InChI=1S/C23H21N3O4S/c1-2-16-30-21-14-8-18(9-15-21)17-24-25-23(27)19-10-12-20(13-11-19)26-31(28,29)22-6-4-3-5-7-22/h2-15,17,26H,1,16H2,(H,25,27)/b24-17+. The first-order chi connectivity index (χ1) is 15.0. The Morgan fingerprint density at radius 3 is 2.29 bits per heavy atom. The van der Waals surface area contributed by atoms with Crippen LogP contribution in [0.25, 0.3) is 0 Å². The molecule has 2 N–H and O–H groups in total. The van der Waals surface area contributed by atoms with Gasteiger partial charge in [0.15, 0.2) is 0 Å². The van der Waals surface area contributed by atoms with Crippen molar-refractivity contribution in [2.75, 3.05) is 11.3 Å². The summed E-state index contributed by atoms with van der Waals surface area (Å²) in [5, 5.41) is 3.94. The number of benzene rings is 3. The molecule has 0 fully saturated rings. The van der Waals surface area contributed by atoms with Gasteiger partial charge >= 0.3 is 0 Å². The summed E-state index contributed by atoms with van der Waals surface area (Å²) in [6.45, 7) is 4.02. The van der Waals surface area contributed by atoms with Crippen molar-refractivity contribution in [1.82, 2.24) is 5.43 Å². The van der Waals surface area contributed by atoms with Crippen LogP contribution in [0.2, 0.25) is 0 Å². The monoisotopic (exact) mass is 435 g/mol. The molecular formula is C23H21N3O4S. The van der Waals surface area contributed by atoms with Gasteiger partial charge in [-0.15, -0.1) is 0 Å². The van der Waals surface area contributed by atoms with Crippen LogP contribution in [0, 0.1) is 0 Å². The normalized spacial score (nSPS) is 11.1. The van der Waals surface area contributed by atoms with Gasteiger partial charge in [-0.2, -0.15) is 5.10 Å². The minimum atomic E-state index is -3.69. The fourth-order valence-corrected chi connectivity index (χ4v) is 3.62. The third-order valence-corrected chi connectivity index (χ3v) is 5.48. The molecule has 0 unspecified atom stereocenters. The average Bonchev–Trinajstić information content (AvgIpc) is 2.79. The number of amides is 1. The molecule has 0 heterocycles. The number of nitrogens with one attached hydrogen (secondary N) is 2. The van der Waals surface area contributed by atoms with Crippen molar-refractivity contribution < 1.29 is 17.9 Å². The molecule has 158 valence electrons. The molecule has 0 aliphatic heterocycles. The van der Waals surface area contributed by atoms with E-state index in [9.17, 15) is 13.2 Å². The highest BCUT2D eigenvalue weighted by molar-refractivity contribution is 7.92. The molecule has 0 bridgehead atoms.